The molecular formula is C48H34N2. The number of benzene rings is 7. The first-order chi connectivity index (χ1) is 24.8. The molecule has 9 aromatic rings. The molecule has 0 radical (unpaired) electrons. The lowest BCUT2D eigenvalue weighted by molar-refractivity contribution is 0.898. The van der Waals surface area contributed by atoms with Crippen LogP contribution in [0.3, 0.4) is 0 Å². The lowest BCUT2D eigenvalue weighted by Crippen LogP contribution is -2.05. The van der Waals surface area contributed by atoms with Crippen molar-refractivity contribution in [3.05, 3.63) is 193 Å². The monoisotopic (exact) mass is 638 g/mol. The van der Waals surface area contributed by atoms with Gasteiger partial charge in [-0.1, -0.05) is 121 Å². The maximum absolute atomic E-state index is 2.50. The Bertz CT molecular complexity index is 2710. The third kappa shape index (κ3) is 4.64. The molecule has 1 aliphatic rings. The van der Waals surface area contributed by atoms with E-state index in [2.05, 4.69) is 191 Å². The predicted octanol–water partition coefficient (Wildman–Crippen LogP) is 12.5. The largest absolute Gasteiger partial charge is 0.313 e. The SMILES string of the molecule is C1=C(c2ccccc2)CCc2c1c1cc(-c3ccc4c(c3)c3ccccc3n4-c3ccccc3)ccc1n2-c1ccc(-c2ccccc2)cc1. The van der Waals surface area contributed by atoms with Crippen molar-refractivity contribution in [2.45, 2.75) is 12.8 Å². The molecule has 236 valence electrons. The van der Waals surface area contributed by atoms with E-state index >= 15 is 0 Å². The molecule has 7 aromatic carbocycles. The fraction of sp³-hybridized carbons (Fsp3) is 0.0417. The molecule has 0 atom stereocenters. The molecule has 2 heterocycles. The lowest BCUT2D eigenvalue weighted by Gasteiger charge is -2.18. The first kappa shape index (κ1) is 28.6. The van der Waals surface area contributed by atoms with Crippen molar-refractivity contribution in [3.8, 4) is 33.6 Å². The zero-order valence-electron chi connectivity index (χ0n) is 27.6. The molecule has 2 heteroatoms. The molecule has 50 heavy (non-hydrogen) atoms. The smallest absolute Gasteiger partial charge is 0.0541 e. The fourth-order valence-corrected chi connectivity index (χ4v) is 8.07. The summed E-state index contributed by atoms with van der Waals surface area (Å²) in [5.41, 5.74) is 16.4. The Kier molecular flexibility index (Phi) is 6.67. The molecule has 0 amide bonds. The number of allylic oxidation sites excluding steroid dienone is 1. The number of fused-ring (bicyclic) bond motifs is 6. The van der Waals surface area contributed by atoms with E-state index in [4.69, 9.17) is 0 Å². The molecule has 0 aliphatic heterocycles. The van der Waals surface area contributed by atoms with E-state index in [1.807, 2.05) is 0 Å². The third-order valence-corrected chi connectivity index (χ3v) is 10.5. The maximum Gasteiger partial charge on any atom is 0.0541 e. The van der Waals surface area contributed by atoms with Crippen LogP contribution in [0.25, 0.3) is 78.0 Å². The van der Waals surface area contributed by atoms with Gasteiger partial charge in [0.25, 0.3) is 0 Å². The van der Waals surface area contributed by atoms with E-state index in [1.165, 1.54) is 88.7 Å². The maximum atomic E-state index is 2.50. The zero-order valence-corrected chi connectivity index (χ0v) is 27.6. The van der Waals surface area contributed by atoms with Crippen LogP contribution in [0.1, 0.15) is 23.2 Å². The quantitative estimate of drug-likeness (QED) is 0.178. The summed E-state index contributed by atoms with van der Waals surface area (Å²) in [6, 6.07) is 64.1. The molecule has 0 saturated carbocycles. The molecule has 10 rings (SSSR count). The summed E-state index contributed by atoms with van der Waals surface area (Å²) in [4.78, 5) is 0. The highest BCUT2D eigenvalue weighted by molar-refractivity contribution is 6.11. The van der Waals surface area contributed by atoms with Crippen LogP contribution in [0.2, 0.25) is 0 Å². The van der Waals surface area contributed by atoms with Gasteiger partial charge in [-0.15, -0.1) is 0 Å². The van der Waals surface area contributed by atoms with Gasteiger partial charge in [0.15, 0.2) is 0 Å². The second-order valence-corrected chi connectivity index (χ2v) is 13.3. The number of hydrogen-bond donors (Lipinski definition) is 0. The third-order valence-electron chi connectivity index (χ3n) is 10.5. The molecular weight excluding hydrogens is 605 g/mol. The van der Waals surface area contributed by atoms with E-state index in [0.717, 1.165) is 12.8 Å². The number of aromatic nitrogens is 2. The Morgan fingerprint density at radius 2 is 0.860 bits per heavy atom. The molecule has 2 nitrogen and oxygen atoms in total. The first-order valence-corrected chi connectivity index (χ1v) is 17.5. The van der Waals surface area contributed by atoms with Crippen LogP contribution in [0.5, 0.6) is 0 Å². The Hall–Kier alpha value is -6.38. The summed E-state index contributed by atoms with van der Waals surface area (Å²) in [5.74, 6) is 0. The van der Waals surface area contributed by atoms with Gasteiger partial charge >= 0.3 is 0 Å². The highest BCUT2D eigenvalue weighted by Crippen LogP contribution is 2.41. The van der Waals surface area contributed by atoms with Crippen LogP contribution in [-0.2, 0) is 6.42 Å². The van der Waals surface area contributed by atoms with Gasteiger partial charge in [0, 0.05) is 38.8 Å². The minimum absolute atomic E-state index is 0.992. The van der Waals surface area contributed by atoms with Crippen LogP contribution < -0.4 is 0 Å². The van der Waals surface area contributed by atoms with Crippen LogP contribution in [-0.4, -0.2) is 9.13 Å². The predicted molar refractivity (Wildman–Crippen MR) is 211 cm³/mol. The van der Waals surface area contributed by atoms with Gasteiger partial charge in [-0.05, 0) is 107 Å². The fourth-order valence-electron chi connectivity index (χ4n) is 8.07. The highest BCUT2D eigenvalue weighted by atomic mass is 15.0. The number of rotatable bonds is 5. The van der Waals surface area contributed by atoms with Crippen molar-refractivity contribution in [1.82, 2.24) is 9.13 Å². The van der Waals surface area contributed by atoms with Crippen LogP contribution in [0.4, 0.5) is 0 Å². The van der Waals surface area contributed by atoms with Crippen molar-refractivity contribution >= 4 is 44.4 Å². The van der Waals surface area contributed by atoms with Gasteiger partial charge in [0.2, 0.25) is 0 Å². The van der Waals surface area contributed by atoms with E-state index in [-0.39, 0.29) is 0 Å². The zero-order chi connectivity index (χ0) is 33.0. The standard InChI is InChI=1S/C48H34N2/c1-4-12-33(13-5-1)35-20-25-40(26-21-35)50-47-27-22-36(34-14-6-2-7-15-34)30-43(47)44-32-38(24-29-48(44)50)37-23-28-46-42(31-37)41-18-10-11-19-45(41)49(46)39-16-8-3-9-17-39/h1-21,23-26,28-32H,22,27H2. The topological polar surface area (TPSA) is 9.86 Å². The summed E-state index contributed by atoms with van der Waals surface area (Å²) < 4.78 is 4.88. The minimum atomic E-state index is 0.992. The molecule has 0 unspecified atom stereocenters. The normalized spacial score (nSPS) is 12.8. The summed E-state index contributed by atoms with van der Waals surface area (Å²) in [6.07, 6.45) is 4.46. The van der Waals surface area contributed by atoms with Crippen LogP contribution >= 0.6 is 0 Å². The van der Waals surface area contributed by atoms with E-state index in [1.54, 1.807) is 0 Å². The average Bonchev–Trinajstić information content (AvgIpc) is 3.71. The molecule has 0 fully saturated rings. The van der Waals surface area contributed by atoms with Crippen molar-refractivity contribution < 1.29 is 0 Å². The van der Waals surface area contributed by atoms with Crippen molar-refractivity contribution in [3.63, 3.8) is 0 Å². The van der Waals surface area contributed by atoms with E-state index in [0.29, 0.717) is 0 Å². The Balaban J connectivity index is 1.15. The molecule has 1 aliphatic carbocycles. The van der Waals surface area contributed by atoms with E-state index < -0.39 is 0 Å². The molecule has 0 saturated heterocycles. The summed E-state index contributed by atoms with van der Waals surface area (Å²) in [5, 5.41) is 3.84. The second kappa shape index (κ2) is 11.6. The summed E-state index contributed by atoms with van der Waals surface area (Å²) >= 11 is 0. The van der Waals surface area contributed by atoms with Crippen molar-refractivity contribution in [2.75, 3.05) is 0 Å². The van der Waals surface area contributed by atoms with Crippen LogP contribution in [0, 0.1) is 0 Å². The highest BCUT2D eigenvalue weighted by Gasteiger charge is 2.23. The molecule has 0 bridgehead atoms. The Morgan fingerprint density at radius 3 is 1.58 bits per heavy atom. The van der Waals surface area contributed by atoms with Gasteiger partial charge in [0.05, 0.1) is 16.6 Å². The van der Waals surface area contributed by atoms with Crippen LogP contribution in [0.15, 0.2) is 176 Å². The van der Waals surface area contributed by atoms with E-state index in [9.17, 15) is 0 Å². The average molecular weight is 639 g/mol. The van der Waals surface area contributed by atoms with Gasteiger partial charge in [-0.3, -0.25) is 0 Å². The second-order valence-electron chi connectivity index (χ2n) is 13.3. The van der Waals surface area contributed by atoms with Gasteiger partial charge < -0.3 is 9.13 Å². The minimum Gasteiger partial charge on any atom is -0.313 e. The first-order valence-electron chi connectivity index (χ1n) is 17.5. The number of para-hydroxylation sites is 2. The molecule has 0 spiro atoms. The van der Waals surface area contributed by atoms with Crippen molar-refractivity contribution in [2.24, 2.45) is 0 Å². The number of nitrogens with zero attached hydrogens (tertiary/aromatic N) is 2. The Morgan fingerprint density at radius 1 is 0.340 bits per heavy atom. The van der Waals surface area contributed by atoms with Gasteiger partial charge in [-0.25, -0.2) is 0 Å². The summed E-state index contributed by atoms with van der Waals surface area (Å²) in [7, 11) is 0. The molecule has 0 N–H and O–H groups in total. The number of hydrogen-bond acceptors (Lipinski definition) is 0. The summed E-state index contributed by atoms with van der Waals surface area (Å²) in [6.45, 7) is 0. The Labute approximate surface area is 291 Å². The van der Waals surface area contributed by atoms with Gasteiger partial charge in [-0.2, -0.15) is 0 Å². The lowest BCUT2D eigenvalue weighted by atomic mass is 9.91. The molecule has 2 aromatic heterocycles. The van der Waals surface area contributed by atoms with Crippen molar-refractivity contribution in [1.29, 1.82) is 0 Å². The van der Waals surface area contributed by atoms with Gasteiger partial charge in [0.1, 0.15) is 0 Å².